The predicted octanol–water partition coefficient (Wildman–Crippen LogP) is 4.15. The fourth-order valence-corrected chi connectivity index (χ4v) is 4.76. The van der Waals surface area contributed by atoms with Gasteiger partial charge >= 0.3 is 6.03 Å². The molecule has 2 fully saturated rings. The van der Waals surface area contributed by atoms with E-state index in [1.807, 2.05) is 0 Å². The van der Waals surface area contributed by atoms with Crippen molar-refractivity contribution in [2.24, 2.45) is 5.92 Å². The van der Waals surface area contributed by atoms with Crippen LogP contribution in [0.1, 0.15) is 62.8 Å². The molecule has 5 heteroatoms. The number of nitrogens with one attached hydrogen (secondary N) is 2. The second-order valence-electron chi connectivity index (χ2n) is 7.44. The Balaban J connectivity index is 1.53. The molecule has 0 spiro atoms. The molecule has 3 rings (SSSR count). The summed E-state index contributed by atoms with van der Waals surface area (Å²) in [5.74, 6) is 0.827. The number of nitrogens with zero attached hydrogens (tertiary/aromatic N) is 1. The Hall–Kier alpha value is -1.07. The molecule has 1 aromatic rings. The number of urea groups is 1. The maximum atomic E-state index is 12.3. The molecule has 1 aliphatic carbocycles. The number of carbonyl (C=O) groups excluding carboxylic acids is 1. The molecular formula is C19H31N3OS. The summed E-state index contributed by atoms with van der Waals surface area (Å²) in [5.41, 5.74) is 0. The molecule has 2 heterocycles. The number of hydrogen-bond donors (Lipinski definition) is 2. The summed E-state index contributed by atoms with van der Waals surface area (Å²) < 4.78 is 0. The van der Waals surface area contributed by atoms with Crippen LogP contribution in [-0.2, 0) is 0 Å². The lowest BCUT2D eigenvalue weighted by Crippen LogP contribution is -2.47. The van der Waals surface area contributed by atoms with Crippen molar-refractivity contribution in [3.8, 4) is 0 Å². The van der Waals surface area contributed by atoms with E-state index in [0.29, 0.717) is 18.6 Å². The topological polar surface area (TPSA) is 44.4 Å². The quantitative estimate of drug-likeness (QED) is 0.838. The normalized spacial score (nSPS) is 22.2. The molecule has 4 nitrogen and oxygen atoms in total. The van der Waals surface area contributed by atoms with E-state index >= 15 is 0 Å². The lowest BCUT2D eigenvalue weighted by atomic mass is 9.96. The molecule has 1 saturated heterocycles. The summed E-state index contributed by atoms with van der Waals surface area (Å²) >= 11 is 1.80. The van der Waals surface area contributed by atoms with E-state index in [1.54, 1.807) is 11.3 Å². The molecule has 2 N–H and O–H groups in total. The number of thiophene rings is 1. The van der Waals surface area contributed by atoms with Gasteiger partial charge in [-0.2, -0.15) is 0 Å². The van der Waals surface area contributed by atoms with E-state index in [1.165, 1.54) is 37.0 Å². The SMILES string of the molecule is CC1CCN(C(CNC(=O)NC2CCCCC2)c2cccs2)CC1. The van der Waals surface area contributed by atoms with Gasteiger partial charge in [0.05, 0.1) is 6.04 Å². The highest BCUT2D eigenvalue weighted by molar-refractivity contribution is 7.10. The first-order valence-corrected chi connectivity index (χ1v) is 10.4. The molecule has 1 atom stereocenters. The maximum absolute atomic E-state index is 12.3. The number of amides is 2. The van der Waals surface area contributed by atoms with Crippen LogP contribution in [0.5, 0.6) is 0 Å². The minimum atomic E-state index is 0.00818. The van der Waals surface area contributed by atoms with Crippen LogP contribution >= 0.6 is 11.3 Å². The standard InChI is InChI=1S/C19H31N3OS/c1-15-9-11-22(12-10-15)17(18-8-5-13-24-18)14-20-19(23)21-16-6-3-2-4-7-16/h5,8,13,15-17H,2-4,6-7,9-12,14H2,1H3,(H2,20,21,23). The van der Waals surface area contributed by atoms with Gasteiger partial charge in [0, 0.05) is 17.5 Å². The van der Waals surface area contributed by atoms with Crippen LogP contribution in [0.4, 0.5) is 4.79 Å². The van der Waals surface area contributed by atoms with E-state index in [-0.39, 0.29) is 6.03 Å². The zero-order valence-electron chi connectivity index (χ0n) is 14.8. The number of carbonyl (C=O) groups is 1. The summed E-state index contributed by atoms with van der Waals surface area (Å²) in [6, 6.07) is 5.01. The molecule has 1 unspecified atom stereocenters. The van der Waals surface area contributed by atoms with Crippen LogP contribution in [0.25, 0.3) is 0 Å². The Kier molecular flexibility index (Phi) is 6.55. The maximum Gasteiger partial charge on any atom is 0.315 e. The summed E-state index contributed by atoms with van der Waals surface area (Å²) in [4.78, 5) is 16.2. The number of rotatable bonds is 5. The van der Waals surface area contributed by atoms with Crippen LogP contribution in [-0.4, -0.2) is 36.6 Å². The first-order valence-electron chi connectivity index (χ1n) is 9.54. The molecule has 24 heavy (non-hydrogen) atoms. The Morgan fingerprint density at radius 2 is 2.00 bits per heavy atom. The summed E-state index contributed by atoms with van der Waals surface area (Å²) in [5, 5.41) is 8.44. The van der Waals surface area contributed by atoms with Crippen molar-refractivity contribution < 1.29 is 4.79 Å². The van der Waals surface area contributed by atoms with Gasteiger partial charge in [-0.15, -0.1) is 11.3 Å². The third-order valence-corrected chi connectivity index (χ3v) is 6.50. The van der Waals surface area contributed by atoms with Crippen LogP contribution in [0.2, 0.25) is 0 Å². The zero-order chi connectivity index (χ0) is 16.8. The molecule has 2 aliphatic rings. The summed E-state index contributed by atoms with van der Waals surface area (Å²) in [6.45, 7) is 5.31. The first-order chi connectivity index (χ1) is 11.7. The smallest absolute Gasteiger partial charge is 0.315 e. The molecule has 0 bridgehead atoms. The second kappa shape index (κ2) is 8.86. The lowest BCUT2D eigenvalue weighted by molar-refractivity contribution is 0.137. The molecule has 0 aromatic carbocycles. The second-order valence-corrected chi connectivity index (χ2v) is 8.42. The Labute approximate surface area is 150 Å². The van der Waals surface area contributed by atoms with Gasteiger partial charge in [-0.05, 0) is 56.1 Å². The van der Waals surface area contributed by atoms with Gasteiger partial charge in [-0.25, -0.2) is 4.79 Å². The lowest BCUT2D eigenvalue weighted by Gasteiger charge is -2.36. The number of likely N-dealkylation sites (tertiary alicyclic amines) is 1. The number of piperidine rings is 1. The van der Waals surface area contributed by atoms with E-state index < -0.39 is 0 Å². The first kappa shape index (κ1) is 17.7. The minimum absolute atomic E-state index is 0.00818. The average Bonchev–Trinajstić information content (AvgIpc) is 3.12. The molecule has 0 radical (unpaired) electrons. The minimum Gasteiger partial charge on any atom is -0.336 e. The van der Waals surface area contributed by atoms with Crippen LogP contribution in [0.3, 0.4) is 0 Å². The predicted molar refractivity (Wildman–Crippen MR) is 100 cm³/mol. The van der Waals surface area contributed by atoms with Crippen molar-refractivity contribution in [2.75, 3.05) is 19.6 Å². The van der Waals surface area contributed by atoms with E-state index in [2.05, 4.69) is 40.0 Å². The van der Waals surface area contributed by atoms with Gasteiger partial charge in [0.15, 0.2) is 0 Å². The van der Waals surface area contributed by atoms with Gasteiger partial charge in [-0.3, -0.25) is 4.90 Å². The van der Waals surface area contributed by atoms with E-state index in [9.17, 15) is 4.79 Å². The highest BCUT2D eigenvalue weighted by Gasteiger charge is 2.26. The van der Waals surface area contributed by atoms with Crippen molar-refractivity contribution >= 4 is 17.4 Å². The van der Waals surface area contributed by atoms with E-state index in [0.717, 1.165) is 31.8 Å². The van der Waals surface area contributed by atoms with Crippen LogP contribution < -0.4 is 10.6 Å². The average molecular weight is 350 g/mol. The Morgan fingerprint density at radius 1 is 1.25 bits per heavy atom. The zero-order valence-corrected chi connectivity index (χ0v) is 15.6. The van der Waals surface area contributed by atoms with Crippen molar-refractivity contribution in [1.29, 1.82) is 0 Å². The van der Waals surface area contributed by atoms with Crippen molar-refractivity contribution in [3.05, 3.63) is 22.4 Å². The van der Waals surface area contributed by atoms with E-state index in [4.69, 9.17) is 0 Å². The summed E-state index contributed by atoms with van der Waals surface area (Å²) in [6.07, 6.45) is 8.58. The monoisotopic (exact) mass is 349 g/mol. The Bertz CT molecular complexity index is 491. The van der Waals surface area contributed by atoms with Crippen molar-refractivity contribution in [2.45, 2.75) is 64.0 Å². The molecule has 1 saturated carbocycles. The van der Waals surface area contributed by atoms with Crippen LogP contribution in [0, 0.1) is 5.92 Å². The molecular weight excluding hydrogens is 318 g/mol. The van der Waals surface area contributed by atoms with Gasteiger partial charge < -0.3 is 10.6 Å². The third kappa shape index (κ3) is 4.96. The van der Waals surface area contributed by atoms with Gasteiger partial charge in [-0.1, -0.05) is 32.3 Å². The van der Waals surface area contributed by atoms with Gasteiger partial charge in [0.25, 0.3) is 0 Å². The fourth-order valence-electron chi connectivity index (χ4n) is 3.90. The third-order valence-electron chi connectivity index (χ3n) is 5.53. The number of hydrogen-bond acceptors (Lipinski definition) is 3. The Morgan fingerprint density at radius 3 is 2.67 bits per heavy atom. The van der Waals surface area contributed by atoms with Crippen molar-refractivity contribution in [3.63, 3.8) is 0 Å². The fraction of sp³-hybridized carbons (Fsp3) is 0.737. The van der Waals surface area contributed by atoms with Crippen LogP contribution in [0.15, 0.2) is 17.5 Å². The summed E-state index contributed by atoms with van der Waals surface area (Å²) in [7, 11) is 0. The van der Waals surface area contributed by atoms with Crippen molar-refractivity contribution in [1.82, 2.24) is 15.5 Å². The largest absolute Gasteiger partial charge is 0.336 e. The van der Waals surface area contributed by atoms with Gasteiger partial charge in [0.1, 0.15) is 0 Å². The molecule has 1 aliphatic heterocycles. The molecule has 1 aromatic heterocycles. The van der Waals surface area contributed by atoms with Gasteiger partial charge in [0.2, 0.25) is 0 Å². The molecule has 2 amide bonds. The molecule has 134 valence electrons. The highest BCUT2D eigenvalue weighted by Crippen LogP contribution is 2.29. The highest BCUT2D eigenvalue weighted by atomic mass is 32.1.